The highest BCUT2D eigenvalue weighted by Crippen LogP contribution is 2.24. The van der Waals surface area contributed by atoms with Crippen LogP contribution in [-0.2, 0) is 4.79 Å². The van der Waals surface area contributed by atoms with Crippen LogP contribution in [0.3, 0.4) is 0 Å². The van der Waals surface area contributed by atoms with E-state index in [9.17, 15) is 4.79 Å². The van der Waals surface area contributed by atoms with Crippen LogP contribution < -0.4 is 4.74 Å². The molecule has 1 N–H and O–H groups in total. The van der Waals surface area contributed by atoms with E-state index >= 15 is 0 Å². The van der Waals surface area contributed by atoms with Gasteiger partial charge in [-0.2, -0.15) is 0 Å². The summed E-state index contributed by atoms with van der Waals surface area (Å²) in [5.41, 5.74) is 3.42. The molecule has 17 heavy (non-hydrogen) atoms. The molecule has 1 unspecified atom stereocenters. The summed E-state index contributed by atoms with van der Waals surface area (Å²) < 4.78 is 5.68. The highest BCUT2D eigenvalue weighted by atomic mass is 16.5. The third kappa shape index (κ3) is 3.77. The second kappa shape index (κ2) is 5.71. The van der Waals surface area contributed by atoms with Crippen LogP contribution in [0.25, 0.3) is 0 Å². The number of ether oxygens (including phenoxy) is 1. The van der Waals surface area contributed by atoms with Crippen LogP contribution in [0.5, 0.6) is 5.75 Å². The Morgan fingerprint density at radius 1 is 1.29 bits per heavy atom. The van der Waals surface area contributed by atoms with Crippen molar-refractivity contribution in [3.8, 4) is 5.75 Å². The predicted octanol–water partition coefficient (Wildman–Crippen LogP) is 3.10. The van der Waals surface area contributed by atoms with Gasteiger partial charge in [0.25, 0.3) is 0 Å². The molecule has 0 heterocycles. The zero-order valence-corrected chi connectivity index (χ0v) is 10.9. The summed E-state index contributed by atoms with van der Waals surface area (Å²) in [4.78, 5) is 10.7. The molecular formula is C14H20O3. The Kier molecular flexibility index (Phi) is 4.55. The van der Waals surface area contributed by atoms with Gasteiger partial charge in [0.1, 0.15) is 5.75 Å². The van der Waals surface area contributed by atoms with Gasteiger partial charge in [-0.15, -0.1) is 0 Å². The molecule has 0 spiro atoms. The fourth-order valence-corrected chi connectivity index (χ4v) is 1.86. The smallest absolute Gasteiger partial charge is 0.306 e. The fourth-order valence-electron chi connectivity index (χ4n) is 1.86. The number of rotatable bonds is 5. The number of carboxylic acid groups (broad SMARTS) is 1. The number of benzene rings is 1. The molecular weight excluding hydrogens is 216 g/mol. The number of carbonyl (C=O) groups is 1. The number of carboxylic acids is 1. The second-order valence-corrected chi connectivity index (χ2v) is 4.60. The van der Waals surface area contributed by atoms with Crippen LogP contribution in [0.4, 0.5) is 0 Å². The predicted molar refractivity (Wildman–Crippen MR) is 67.6 cm³/mol. The fraction of sp³-hybridized carbons (Fsp3) is 0.500. The van der Waals surface area contributed by atoms with Gasteiger partial charge in [0.15, 0.2) is 0 Å². The van der Waals surface area contributed by atoms with E-state index in [1.54, 1.807) is 6.92 Å². The normalized spacial score (nSPS) is 12.2. The molecule has 0 amide bonds. The van der Waals surface area contributed by atoms with Gasteiger partial charge in [0.2, 0.25) is 0 Å². The molecule has 0 aromatic heterocycles. The first-order valence-corrected chi connectivity index (χ1v) is 5.85. The lowest BCUT2D eigenvalue weighted by molar-refractivity contribution is -0.141. The molecule has 0 saturated carbocycles. The van der Waals surface area contributed by atoms with Crippen molar-refractivity contribution in [1.29, 1.82) is 0 Å². The van der Waals surface area contributed by atoms with Crippen molar-refractivity contribution in [3.05, 3.63) is 28.8 Å². The molecule has 0 saturated heterocycles. The minimum atomic E-state index is -0.772. The van der Waals surface area contributed by atoms with E-state index in [0.717, 1.165) is 16.9 Å². The Hall–Kier alpha value is -1.51. The summed E-state index contributed by atoms with van der Waals surface area (Å²) in [6.45, 7) is 8.21. The van der Waals surface area contributed by atoms with Gasteiger partial charge in [-0.25, -0.2) is 0 Å². The van der Waals surface area contributed by atoms with E-state index < -0.39 is 5.97 Å². The molecule has 0 fully saturated rings. The van der Waals surface area contributed by atoms with Gasteiger partial charge in [-0.3, -0.25) is 4.79 Å². The molecule has 1 aromatic rings. The SMILES string of the molecule is Cc1cc(C)c(OCCC(C)C(=O)O)c(C)c1. The molecule has 0 aliphatic heterocycles. The monoisotopic (exact) mass is 236 g/mol. The summed E-state index contributed by atoms with van der Waals surface area (Å²) in [6.07, 6.45) is 0.530. The van der Waals surface area contributed by atoms with E-state index in [4.69, 9.17) is 9.84 Å². The van der Waals surface area contributed by atoms with Crippen molar-refractivity contribution in [1.82, 2.24) is 0 Å². The van der Waals surface area contributed by atoms with Gasteiger partial charge in [0, 0.05) is 0 Å². The average molecular weight is 236 g/mol. The minimum Gasteiger partial charge on any atom is -0.493 e. The van der Waals surface area contributed by atoms with Gasteiger partial charge in [0.05, 0.1) is 12.5 Å². The molecule has 1 aromatic carbocycles. The summed E-state index contributed by atoms with van der Waals surface area (Å²) in [5, 5.41) is 8.77. The van der Waals surface area contributed by atoms with E-state index in [1.807, 2.05) is 13.8 Å². The Morgan fingerprint density at radius 2 is 1.82 bits per heavy atom. The van der Waals surface area contributed by atoms with Crippen molar-refractivity contribution in [2.45, 2.75) is 34.1 Å². The molecule has 0 aliphatic rings. The largest absolute Gasteiger partial charge is 0.493 e. The standard InChI is InChI=1S/C14H20O3/c1-9-7-11(3)13(12(4)8-9)17-6-5-10(2)14(15)16/h7-8,10H,5-6H2,1-4H3,(H,15,16). The van der Waals surface area contributed by atoms with Crippen molar-refractivity contribution in [2.75, 3.05) is 6.61 Å². The first-order valence-electron chi connectivity index (χ1n) is 5.85. The Bertz CT molecular complexity index is 387. The minimum absolute atomic E-state index is 0.360. The molecule has 3 heteroatoms. The number of hydrogen-bond donors (Lipinski definition) is 1. The summed E-state index contributed by atoms with van der Waals surface area (Å²) in [5.74, 6) is -0.250. The average Bonchev–Trinajstić information content (AvgIpc) is 2.21. The van der Waals surface area contributed by atoms with Gasteiger partial charge in [-0.05, 0) is 38.3 Å². The van der Waals surface area contributed by atoms with E-state index in [2.05, 4.69) is 19.1 Å². The van der Waals surface area contributed by atoms with Crippen LogP contribution in [0, 0.1) is 26.7 Å². The van der Waals surface area contributed by atoms with Crippen LogP contribution in [-0.4, -0.2) is 17.7 Å². The second-order valence-electron chi connectivity index (χ2n) is 4.60. The first kappa shape index (κ1) is 13.6. The van der Waals surface area contributed by atoms with Gasteiger partial charge >= 0.3 is 5.97 Å². The third-order valence-electron chi connectivity index (χ3n) is 2.82. The number of hydrogen-bond acceptors (Lipinski definition) is 2. The Balaban J connectivity index is 2.61. The van der Waals surface area contributed by atoms with Crippen molar-refractivity contribution in [3.63, 3.8) is 0 Å². The van der Waals surface area contributed by atoms with Gasteiger partial charge < -0.3 is 9.84 Å². The molecule has 0 aliphatic carbocycles. The molecule has 0 radical (unpaired) electrons. The zero-order chi connectivity index (χ0) is 13.0. The van der Waals surface area contributed by atoms with E-state index in [0.29, 0.717) is 13.0 Å². The summed E-state index contributed by atoms with van der Waals surface area (Å²) in [7, 11) is 0. The van der Waals surface area contributed by atoms with Crippen LogP contribution in [0.15, 0.2) is 12.1 Å². The maximum absolute atomic E-state index is 10.7. The lowest BCUT2D eigenvalue weighted by atomic mass is 10.1. The summed E-state index contributed by atoms with van der Waals surface area (Å²) in [6, 6.07) is 4.14. The van der Waals surface area contributed by atoms with E-state index in [-0.39, 0.29) is 5.92 Å². The van der Waals surface area contributed by atoms with Crippen LogP contribution >= 0.6 is 0 Å². The quantitative estimate of drug-likeness (QED) is 0.854. The molecule has 0 bridgehead atoms. The summed E-state index contributed by atoms with van der Waals surface area (Å²) >= 11 is 0. The lowest BCUT2D eigenvalue weighted by Gasteiger charge is -2.14. The maximum atomic E-state index is 10.7. The Labute approximate surface area is 102 Å². The van der Waals surface area contributed by atoms with Crippen LogP contribution in [0.2, 0.25) is 0 Å². The molecule has 1 atom stereocenters. The highest BCUT2D eigenvalue weighted by Gasteiger charge is 2.11. The van der Waals surface area contributed by atoms with Crippen molar-refractivity contribution >= 4 is 5.97 Å². The van der Waals surface area contributed by atoms with Crippen LogP contribution in [0.1, 0.15) is 30.0 Å². The molecule has 3 nitrogen and oxygen atoms in total. The van der Waals surface area contributed by atoms with E-state index in [1.165, 1.54) is 5.56 Å². The van der Waals surface area contributed by atoms with Crippen molar-refractivity contribution < 1.29 is 14.6 Å². The molecule has 94 valence electrons. The zero-order valence-electron chi connectivity index (χ0n) is 10.9. The first-order chi connectivity index (χ1) is 7.91. The maximum Gasteiger partial charge on any atom is 0.306 e. The number of aryl methyl sites for hydroxylation is 3. The lowest BCUT2D eigenvalue weighted by Crippen LogP contribution is -2.13. The Morgan fingerprint density at radius 3 is 2.29 bits per heavy atom. The topological polar surface area (TPSA) is 46.5 Å². The highest BCUT2D eigenvalue weighted by molar-refractivity contribution is 5.69. The number of aliphatic carboxylic acids is 1. The van der Waals surface area contributed by atoms with Gasteiger partial charge in [-0.1, -0.05) is 24.6 Å². The van der Waals surface area contributed by atoms with Crippen molar-refractivity contribution in [2.24, 2.45) is 5.92 Å². The molecule has 1 rings (SSSR count). The third-order valence-corrected chi connectivity index (χ3v) is 2.82.